The summed E-state index contributed by atoms with van der Waals surface area (Å²) in [7, 11) is 0. The monoisotopic (exact) mass is 401 g/mol. The van der Waals surface area contributed by atoms with Crippen LogP contribution in [-0.2, 0) is 5.41 Å². The van der Waals surface area contributed by atoms with Crippen LogP contribution in [0, 0.1) is 11.8 Å². The van der Waals surface area contributed by atoms with Crippen molar-refractivity contribution < 1.29 is 5.11 Å². The first kappa shape index (κ1) is 17.1. The van der Waals surface area contributed by atoms with Gasteiger partial charge in [-0.05, 0) is 47.9 Å². The number of halogens is 1. The Bertz CT molecular complexity index is 476. The molecule has 1 fully saturated rings. The molecule has 0 radical (unpaired) electrons. The second kappa shape index (κ2) is 6.86. The quantitative estimate of drug-likeness (QED) is 0.595. The maximum atomic E-state index is 9.77. The highest BCUT2D eigenvalue weighted by Gasteiger charge is 2.38. The van der Waals surface area contributed by atoms with Gasteiger partial charge in [0.2, 0.25) is 0 Å². The molecule has 1 aliphatic rings. The van der Waals surface area contributed by atoms with Crippen molar-refractivity contribution in [1.29, 1.82) is 0 Å². The van der Waals surface area contributed by atoms with Crippen molar-refractivity contribution in [3.05, 3.63) is 29.8 Å². The van der Waals surface area contributed by atoms with E-state index in [-0.39, 0.29) is 5.41 Å². The largest absolute Gasteiger partial charge is 0.508 e. The van der Waals surface area contributed by atoms with Crippen LogP contribution in [0.25, 0.3) is 0 Å². The molecule has 3 atom stereocenters. The third-order valence-corrected chi connectivity index (χ3v) is 7.06. The normalized spacial score (nSPS) is 28.8. The van der Waals surface area contributed by atoms with E-state index in [1.807, 2.05) is 12.1 Å². The van der Waals surface area contributed by atoms with Gasteiger partial charge in [0.05, 0.1) is 0 Å². The van der Waals surface area contributed by atoms with Crippen molar-refractivity contribution in [1.82, 2.24) is 4.90 Å². The first-order chi connectivity index (χ1) is 9.83. The number of phenols is 1. The summed E-state index contributed by atoms with van der Waals surface area (Å²) < 4.78 is 0.722. The molecule has 0 amide bonds. The Morgan fingerprint density at radius 2 is 2.14 bits per heavy atom. The van der Waals surface area contributed by atoms with Gasteiger partial charge in [-0.3, -0.25) is 0 Å². The average Bonchev–Trinajstić information content (AvgIpc) is 2.43. The van der Waals surface area contributed by atoms with E-state index in [1.165, 1.54) is 18.5 Å². The topological polar surface area (TPSA) is 23.5 Å². The zero-order valence-corrected chi connectivity index (χ0v) is 15.8. The molecule has 0 aliphatic carbocycles. The number of phenolic OH excluding ortho intramolecular Hbond substituents is 1. The number of benzene rings is 1. The number of likely N-dealkylation sites (tertiary alicyclic amines) is 1. The predicted molar refractivity (Wildman–Crippen MR) is 98.3 cm³/mol. The Kier molecular flexibility index (Phi) is 5.58. The molecule has 0 saturated carbocycles. The summed E-state index contributed by atoms with van der Waals surface area (Å²) in [4.78, 5) is 2.62. The SMILES string of the molecule is CC(C)[C@H](I)CN1CC[C@@](C)(c2cccc(O)c2)[C@@H](C)C1. The standard InChI is InChI=1S/C18H28INO/c1-13(2)17(19)12-20-9-8-18(4,14(3)11-20)15-6-5-7-16(21)10-15/h5-7,10,13-14,17,21H,8-9,11-12H2,1-4H3/t14-,17+,18+/m0/s1. The van der Waals surface area contributed by atoms with Gasteiger partial charge in [0.1, 0.15) is 5.75 Å². The lowest BCUT2D eigenvalue weighted by molar-refractivity contribution is 0.110. The number of nitrogens with zero attached hydrogens (tertiary/aromatic N) is 1. The van der Waals surface area contributed by atoms with Crippen LogP contribution >= 0.6 is 22.6 Å². The summed E-state index contributed by atoms with van der Waals surface area (Å²) in [5.74, 6) is 1.72. The summed E-state index contributed by atoms with van der Waals surface area (Å²) in [5, 5.41) is 9.77. The fourth-order valence-corrected chi connectivity index (χ4v) is 3.79. The molecule has 1 aliphatic heterocycles. The Balaban J connectivity index is 2.06. The third-order valence-electron chi connectivity index (χ3n) is 5.23. The van der Waals surface area contributed by atoms with E-state index in [1.54, 1.807) is 6.07 Å². The molecular weight excluding hydrogens is 373 g/mol. The highest BCUT2D eigenvalue weighted by Crippen LogP contribution is 2.40. The van der Waals surface area contributed by atoms with Gasteiger partial charge in [-0.1, -0.05) is 62.4 Å². The van der Waals surface area contributed by atoms with Gasteiger partial charge in [-0.2, -0.15) is 0 Å². The van der Waals surface area contributed by atoms with Crippen LogP contribution in [0.1, 0.15) is 39.7 Å². The molecule has 1 heterocycles. The van der Waals surface area contributed by atoms with E-state index in [4.69, 9.17) is 0 Å². The maximum Gasteiger partial charge on any atom is 0.115 e. The first-order valence-corrected chi connectivity index (χ1v) is 9.23. The van der Waals surface area contributed by atoms with Gasteiger partial charge in [-0.15, -0.1) is 0 Å². The molecule has 0 spiro atoms. The van der Waals surface area contributed by atoms with E-state index < -0.39 is 0 Å². The average molecular weight is 401 g/mol. The molecular formula is C18H28INO. The van der Waals surface area contributed by atoms with Crippen molar-refractivity contribution in [3.8, 4) is 5.75 Å². The van der Waals surface area contributed by atoms with Gasteiger partial charge >= 0.3 is 0 Å². The van der Waals surface area contributed by atoms with Crippen LogP contribution in [0.2, 0.25) is 0 Å². The van der Waals surface area contributed by atoms with Gasteiger partial charge in [0.15, 0.2) is 0 Å². The fraction of sp³-hybridized carbons (Fsp3) is 0.667. The molecule has 0 aromatic heterocycles. The molecule has 1 aromatic carbocycles. The van der Waals surface area contributed by atoms with Crippen molar-refractivity contribution in [2.75, 3.05) is 19.6 Å². The first-order valence-electron chi connectivity index (χ1n) is 7.99. The summed E-state index contributed by atoms with van der Waals surface area (Å²) >= 11 is 2.59. The second-order valence-corrected chi connectivity index (χ2v) is 8.74. The summed E-state index contributed by atoms with van der Waals surface area (Å²) in [6, 6.07) is 7.84. The predicted octanol–water partition coefficient (Wildman–Crippen LogP) is 4.45. The Labute approximate surface area is 143 Å². The zero-order chi connectivity index (χ0) is 15.6. The highest BCUT2D eigenvalue weighted by atomic mass is 127. The van der Waals surface area contributed by atoms with Crippen molar-refractivity contribution in [2.45, 2.75) is 43.5 Å². The number of aromatic hydroxyl groups is 1. The minimum Gasteiger partial charge on any atom is -0.508 e. The van der Waals surface area contributed by atoms with E-state index in [0.29, 0.717) is 11.7 Å². The van der Waals surface area contributed by atoms with Crippen LogP contribution in [-0.4, -0.2) is 33.6 Å². The molecule has 2 rings (SSSR count). The Morgan fingerprint density at radius 1 is 1.43 bits per heavy atom. The molecule has 1 N–H and O–H groups in total. The van der Waals surface area contributed by atoms with Crippen molar-refractivity contribution in [3.63, 3.8) is 0 Å². The smallest absolute Gasteiger partial charge is 0.115 e. The van der Waals surface area contributed by atoms with Crippen molar-refractivity contribution >= 4 is 22.6 Å². The summed E-state index contributed by atoms with van der Waals surface area (Å²) in [6.07, 6.45) is 1.17. The molecule has 1 aromatic rings. The minimum absolute atomic E-state index is 0.174. The number of hydrogen-bond acceptors (Lipinski definition) is 2. The van der Waals surface area contributed by atoms with E-state index in [2.05, 4.69) is 61.3 Å². The lowest BCUT2D eigenvalue weighted by Gasteiger charge is -2.45. The van der Waals surface area contributed by atoms with Crippen LogP contribution in [0.3, 0.4) is 0 Å². The summed E-state index contributed by atoms with van der Waals surface area (Å²) in [6.45, 7) is 12.8. The minimum atomic E-state index is 0.174. The Hall–Kier alpha value is -0.290. The van der Waals surface area contributed by atoms with Crippen LogP contribution in [0.15, 0.2) is 24.3 Å². The molecule has 2 nitrogen and oxygen atoms in total. The van der Waals surface area contributed by atoms with Crippen LogP contribution in [0.4, 0.5) is 0 Å². The zero-order valence-electron chi connectivity index (χ0n) is 13.6. The van der Waals surface area contributed by atoms with Crippen LogP contribution in [0.5, 0.6) is 5.75 Å². The van der Waals surface area contributed by atoms with E-state index >= 15 is 0 Å². The second-order valence-electron chi connectivity index (χ2n) is 7.14. The van der Waals surface area contributed by atoms with Crippen LogP contribution < -0.4 is 0 Å². The van der Waals surface area contributed by atoms with Crippen molar-refractivity contribution in [2.24, 2.45) is 11.8 Å². The van der Waals surface area contributed by atoms with E-state index in [0.717, 1.165) is 22.9 Å². The number of hydrogen-bond donors (Lipinski definition) is 1. The molecule has 0 bridgehead atoms. The highest BCUT2D eigenvalue weighted by molar-refractivity contribution is 14.1. The fourth-order valence-electron chi connectivity index (χ4n) is 3.23. The Morgan fingerprint density at radius 3 is 2.71 bits per heavy atom. The van der Waals surface area contributed by atoms with E-state index in [9.17, 15) is 5.11 Å². The molecule has 1 saturated heterocycles. The van der Waals surface area contributed by atoms with Gasteiger partial charge in [0, 0.05) is 17.0 Å². The molecule has 118 valence electrons. The third kappa shape index (κ3) is 3.92. The molecule has 3 heteroatoms. The summed E-state index contributed by atoms with van der Waals surface area (Å²) in [5.41, 5.74) is 1.46. The van der Waals surface area contributed by atoms with Gasteiger partial charge < -0.3 is 10.0 Å². The lowest BCUT2D eigenvalue weighted by Crippen LogP contribution is -2.49. The maximum absolute atomic E-state index is 9.77. The lowest BCUT2D eigenvalue weighted by atomic mass is 9.68. The molecule has 21 heavy (non-hydrogen) atoms. The number of rotatable bonds is 4. The molecule has 0 unspecified atom stereocenters. The number of alkyl halides is 1. The van der Waals surface area contributed by atoms with Gasteiger partial charge in [-0.25, -0.2) is 0 Å². The van der Waals surface area contributed by atoms with Gasteiger partial charge in [0.25, 0.3) is 0 Å². The number of piperidine rings is 1.